The summed E-state index contributed by atoms with van der Waals surface area (Å²) in [6.45, 7) is 4.16. The third-order valence-corrected chi connectivity index (χ3v) is 3.87. The summed E-state index contributed by atoms with van der Waals surface area (Å²) in [6.07, 6.45) is 1.83. The first kappa shape index (κ1) is 13.7. The van der Waals surface area contributed by atoms with Crippen LogP contribution in [-0.4, -0.2) is 15.0 Å². The van der Waals surface area contributed by atoms with Crippen molar-refractivity contribution in [2.45, 2.75) is 18.7 Å². The molecule has 16 heavy (non-hydrogen) atoms. The Hall–Kier alpha value is -0.400. The Morgan fingerprint density at radius 1 is 1.38 bits per heavy atom. The van der Waals surface area contributed by atoms with Crippen LogP contribution in [0, 0.1) is 6.92 Å². The van der Waals surface area contributed by atoms with Gasteiger partial charge in [0.25, 0.3) is 0 Å². The molecule has 0 unspecified atom stereocenters. The van der Waals surface area contributed by atoms with E-state index in [1.54, 1.807) is 24.3 Å². The zero-order valence-corrected chi connectivity index (χ0v) is 12.2. The largest absolute Gasteiger partial charge is 0.240 e. The van der Waals surface area contributed by atoms with E-state index in [1.807, 2.05) is 19.9 Å². The van der Waals surface area contributed by atoms with Crippen LogP contribution < -0.4 is 4.72 Å². The minimum absolute atomic E-state index is 0.303. The number of rotatable bonds is 4. The molecule has 1 aromatic rings. The zero-order chi connectivity index (χ0) is 12.2. The quantitative estimate of drug-likeness (QED) is 0.848. The molecular weight excluding hydrogens is 337 g/mol. The van der Waals surface area contributed by atoms with Crippen LogP contribution >= 0.6 is 22.6 Å². The van der Waals surface area contributed by atoms with Crippen molar-refractivity contribution in [1.29, 1.82) is 0 Å². The third kappa shape index (κ3) is 4.23. The summed E-state index contributed by atoms with van der Waals surface area (Å²) in [7, 11) is -3.37. The number of benzene rings is 1. The van der Waals surface area contributed by atoms with Gasteiger partial charge in [-0.3, -0.25) is 0 Å². The molecule has 0 aliphatic carbocycles. The number of aryl methyl sites for hydroxylation is 1. The number of hydrogen-bond donors (Lipinski definition) is 1. The number of allylic oxidation sites excluding steroid dienone is 1. The maximum atomic E-state index is 11.8. The van der Waals surface area contributed by atoms with Crippen molar-refractivity contribution in [1.82, 2.24) is 4.72 Å². The smallest absolute Gasteiger partial charge is 0.207 e. The highest BCUT2D eigenvalue weighted by Crippen LogP contribution is 2.09. The first-order chi connectivity index (χ1) is 7.42. The van der Waals surface area contributed by atoms with Crippen molar-refractivity contribution in [3.63, 3.8) is 0 Å². The Balaban J connectivity index is 2.78. The predicted molar refractivity (Wildman–Crippen MR) is 74.1 cm³/mol. The lowest BCUT2D eigenvalue weighted by Gasteiger charge is -2.04. The number of nitrogens with one attached hydrogen (secondary N) is 1. The summed E-state index contributed by atoms with van der Waals surface area (Å²) in [5.41, 5.74) is 1.04. The predicted octanol–water partition coefficient (Wildman–Crippen LogP) is 2.61. The molecule has 0 spiro atoms. The Morgan fingerprint density at radius 2 is 1.94 bits per heavy atom. The van der Waals surface area contributed by atoms with E-state index in [4.69, 9.17) is 0 Å². The Morgan fingerprint density at radius 3 is 2.44 bits per heavy atom. The molecule has 0 bridgehead atoms. The van der Waals surface area contributed by atoms with Crippen LogP contribution in [0.1, 0.15) is 12.5 Å². The van der Waals surface area contributed by atoms with E-state index in [2.05, 4.69) is 27.3 Å². The van der Waals surface area contributed by atoms with Gasteiger partial charge in [-0.25, -0.2) is 13.1 Å². The fraction of sp³-hybridized carbons (Fsp3) is 0.273. The van der Waals surface area contributed by atoms with Crippen LogP contribution in [0.5, 0.6) is 0 Å². The molecule has 0 aromatic heterocycles. The van der Waals surface area contributed by atoms with Crippen LogP contribution in [0.3, 0.4) is 0 Å². The molecule has 1 aromatic carbocycles. The molecule has 1 N–H and O–H groups in total. The second-order valence-electron chi connectivity index (χ2n) is 3.46. The van der Waals surface area contributed by atoms with Crippen molar-refractivity contribution in [2.75, 3.05) is 6.54 Å². The van der Waals surface area contributed by atoms with Gasteiger partial charge in [0.1, 0.15) is 0 Å². The molecule has 1 rings (SSSR count). The third-order valence-electron chi connectivity index (χ3n) is 1.99. The Bertz CT molecular complexity index is 473. The van der Waals surface area contributed by atoms with Gasteiger partial charge in [0.05, 0.1) is 4.90 Å². The maximum absolute atomic E-state index is 11.8. The average Bonchev–Trinajstić information content (AvgIpc) is 2.17. The van der Waals surface area contributed by atoms with Gasteiger partial charge in [0.15, 0.2) is 0 Å². The summed E-state index contributed by atoms with van der Waals surface area (Å²) in [5.74, 6) is 0. The summed E-state index contributed by atoms with van der Waals surface area (Å²) in [4.78, 5) is 0.303. The van der Waals surface area contributed by atoms with Gasteiger partial charge in [-0.15, -0.1) is 0 Å². The second-order valence-corrected chi connectivity index (χ2v) is 6.92. The molecule has 88 valence electrons. The van der Waals surface area contributed by atoms with Crippen LogP contribution in [0.15, 0.2) is 38.8 Å². The van der Waals surface area contributed by atoms with Gasteiger partial charge in [-0.2, -0.15) is 0 Å². The molecule has 0 aliphatic heterocycles. The van der Waals surface area contributed by atoms with Crippen LogP contribution in [0.4, 0.5) is 0 Å². The van der Waals surface area contributed by atoms with E-state index in [0.717, 1.165) is 9.14 Å². The van der Waals surface area contributed by atoms with Crippen molar-refractivity contribution in [3.8, 4) is 0 Å². The topological polar surface area (TPSA) is 46.2 Å². The van der Waals surface area contributed by atoms with Crippen molar-refractivity contribution in [2.24, 2.45) is 0 Å². The lowest BCUT2D eigenvalue weighted by molar-refractivity contribution is 0.585. The molecule has 0 amide bonds. The summed E-state index contributed by atoms with van der Waals surface area (Å²) < 4.78 is 27.1. The molecule has 0 fully saturated rings. The lowest BCUT2D eigenvalue weighted by Crippen LogP contribution is -2.23. The van der Waals surface area contributed by atoms with E-state index < -0.39 is 10.0 Å². The maximum Gasteiger partial charge on any atom is 0.240 e. The minimum atomic E-state index is -3.37. The molecule has 3 nitrogen and oxygen atoms in total. The van der Waals surface area contributed by atoms with Gasteiger partial charge in [0, 0.05) is 6.54 Å². The molecular formula is C11H14INO2S. The van der Waals surface area contributed by atoms with Crippen molar-refractivity contribution >= 4 is 32.6 Å². The number of hydrogen-bond acceptors (Lipinski definition) is 2. The molecule has 0 saturated carbocycles. The van der Waals surface area contributed by atoms with E-state index in [0.29, 0.717) is 11.4 Å². The molecule has 0 heterocycles. The van der Waals surface area contributed by atoms with E-state index in [9.17, 15) is 8.42 Å². The van der Waals surface area contributed by atoms with E-state index >= 15 is 0 Å². The standard InChI is InChI=1S/C11H14INO2S/c1-9-3-5-11(6-4-9)16(14,15)13-8-7-10(2)12/h3-7,13H,8H2,1-2H3/b10-7-. The normalized spacial score (nSPS) is 12.8. The highest BCUT2D eigenvalue weighted by molar-refractivity contribution is 14.1. The summed E-state index contributed by atoms with van der Waals surface area (Å²) >= 11 is 2.14. The molecule has 5 heteroatoms. The lowest BCUT2D eigenvalue weighted by atomic mass is 10.2. The average molecular weight is 351 g/mol. The monoisotopic (exact) mass is 351 g/mol. The van der Waals surface area contributed by atoms with Gasteiger partial charge in [-0.1, -0.05) is 23.8 Å². The van der Waals surface area contributed by atoms with E-state index in [1.165, 1.54) is 0 Å². The highest BCUT2D eigenvalue weighted by atomic mass is 127. The van der Waals surface area contributed by atoms with Gasteiger partial charge < -0.3 is 0 Å². The Labute approximate surface area is 110 Å². The molecule has 0 saturated heterocycles. The van der Waals surface area contributed by atoms with E-state index in [-0.39, 0.29) is 0 Å². The fourth-order valence-electron chi connectivity index (χ4n) is 1.09. The van der Waals surface area contributed by atoms with Gasteiger partial charge >= 0.3 is 0 Å². The minimum Gasteiger partial charge on any atom is -0.207 e. The number of sulfonamides is 1. The van der Waals surface area contributed by atoms with Crippen molar-refractivity contribution in [3.05, 3.63) is 39.5 Å². The molecule has 0 atom stereocenters. The Kier molecular flexibility index (Phi) is 4.94. The SMILES string of the molecule is C/C(I)=C/CNS(=O)(=O)c1ccc(C)cc1. The molecule has 0 aliphatic rings. The van der Waals surface area contributed by atoms with Gasteiger partial charge in [-0.05, 0) is 52.2 Å². The first-order valence-corrected chi connectivity index (χ1v) is 7.36. The summed E-state index contributed by atoms with van der Waals surface area (Å²) in [6, 6.07) is 6.79. The summed E-state index contributed by atoms with van der Waals surface area (Å²) in [5, 5.41) is 0. The van der Waals surface area contributed by atoms with Crippen LogP contribution in [0.2, 0.25) is 0 Å². The van der Waals surface area contributed by atoms with Gasteiger partial charge in [0.2, 0.25) is 10.0 Å². The van der Waals surface area contributed by atoms with Crippen LogP contribution in [0.25, 0.3) is 0 Å². The number of halogens is 1. The van der Waals surface area contributed by atoms with Crippen LogP contribution in [-0.2, 0) is 10.0 Å². The van der Waals surface area contributed by atoms with Crippen molar-refractivity contribution < 1.29 is 8.42 Å². The second kappa shape index (κ2) is 5.79. The fourth-order valence-corrected chi connectivity index (χ4v) is 2.28. The first-order valence-electron chi connectivity index (χ1n) is 4.80. The zero-order valence-electron chi connectivity index (χ0n) is 9.20. The highest BCUT2D eigenvalue weighted by Gasteiger charge is 2.11. The molecule has 0 radical (unpaired) electrons.